The van der Waals surface area contributed by atoms with Crippen LogP contribution in [0.1, 0.15) is 30.1 Å². The molecule has 0 aliphatic carbocycles. The topological polar surface area (TPSA) is 93.5 Å². The predicted octanol–water partition coefficient (Wildman–Crippen LogP) is 5.43. The molecule has 0 fully saturated rings. The number of unbranched alkanes of at least 4 members (excludes halogenated alkanes) is 1. The van der Waals surface area contributed by atoms with E-state index in [1.807, 2.05) is 0 Å². The molecular formula is C18H17Br2N3O4S. The van der Waals surface area contributed by atoms with Gasteiger partial charge in [-0.15, -0.1) is 0 Å². The number of carbonyl (C=O) groups is 1. The quantitative estimate of drug-likeness (QED) is 0.215. The number of nitrogens with one attached hydrogen (secondary N) is 2. The number of amides is 1. The second kappa shape index (κ2) is 10.5. The molecule has 148 valence electrons. The van der Waals surface area contributed by atoms with E-state index in [9.17, 15) is 14.9 Å². The van der Waals surface area contributed by atoms with Crippen LogP contribution >= 0.6 is 44.1 Å². The Morgan fingerprint density at radius 2 is 2.00 bits per heavy atom. The molecule has 2 N–H and O–H groups in total. The number of ether oxygens (including phenoxy) is 1. The average Bonchev–Trinajstić information content (AvgIpc) is 2.64. The minimum absolute atomic E-state index is 0.0547. The molecule has 28 heavy (non-hydrogen) atoms. The van der Waals surface area contributed by atoms with Crippen molar-refractivity contribution in [1.82, 2.24) is 5.32 Å². The van der Waals surface area contributed by atoms with Crippen molar-refractivity contribution in [3.05, 3.63) is 61.0 Å². The third-order valence-corrected chi connectivity index (χ3v) is 4.93. The van der Waals surface area contributed by atoms with Gasteiger partial charge < -0.3 is 10.1 Å². The highest BCUT2D eigenvalue weighted by atomic mass is 79.9. The normalized spacial score (nSPS) is 10.2. The Balaban J connectivity index is 2.09. The number of nitro groups is 1. The first-order valence-corrected chi connectivity index (χ1v) is 10.3. The third kappa shape index (κ3) is 6.25. The number of carbonyl (C=O) groups excluding carboxylic acids is 1. The van der Waals surface area contributed by atoms with E-state index >= 15 is 0 Å². The number of hydrogen-bond acceptors (Lipinski definition) is 5. The summed E-state index contributed by atoms with van der Waals surface area (Å²) in [4.78, 5) is 22.9. The molecule has 0 saturated carbocycles. The van der Waals surface area contributed by atoms with Crippen LogP contribution in [0.4, 0.5) is 11.4 Å². The maximum Gasteiger partial charge on any atom is 0.270 e. The SMILES string of the molecule is CCCCOc1ccc(Br)cc1C(=O)NC(=S)Nc1ccc([N+](=O)[O-])cc1Br. The second-order valence-corrected chi connectivity index (χ2v) is 7.85. The van der Waals surface area contributed by atoms with Gasteiger partial charge in [-0.3, -0.25) is 20.2 Å². The van der Waals surface area contributed by atoms with Crippen LogP contribution in [0.3, 0.4) is 0 Å². The maximum atomic E-state index is 12.6. The molecule has 0 radical (unpaired) electrons. The highest BCUT2D eigenvalue weighted by Gasteiger charge is 2.16. The van der Waals surface area contributed by atoms with Crippen LogP contribution in [0.2, 0.25) is 0 Å². The molecule has 2 aromatic rings. The van der Waals surface area contributed by atoms with Gasteiger partial charge in [-0.05, 0) is 58.8 Å². The molecule has 0 aliphatic rings. The zero-order valence-electron chi connectivity index (χ0n) is 14.8. The van der Waals surface area contributed by atoms with Gasteiger partial charge in [0.15, 0.2) is 5.11 Å². The van der Waals surface area contributed by atoms with Crippen LogP contribution in [0.15, 0.2) is 45.3 Å². The summed E-state index contributed by atoms with van der Waals surface area (Å²) < 4.78 is 6.87. The molecule has 0 atom stereocenters. The zero-order chi connectivity index (χ0) is 20.7. The van der Waals surface area contributed by atoms with Crippen molar-refractivity contribution >= 4 is 66.5 Å². The van der Waals surface area contributed by atoms with Crippen LogP contribution in [0.25, 0.3) is 0 Å². The van der Waals surface area contributed by atoms with E-state index in [-0.39, 0.29) is 10.8 Å². The van der Waals surface area contributed by atoms with E-state index < -0.39 is 10.8 Å². The first-order chi connectivity index (χ1) is 13.3. The monoisotopic (exact) mass is 529 g/mol. The maximum absolute atomic E-state index is 12.6. The molecule has 1 amide bonds. The van der Waals surface area contributed by atoms with Crippen LogP contribution in [0.5, 0.6) is 5.75 Å². The van der Waals surface area contributed by atoms with Crippen molar-refractivity contribution < 1.29 is 14.5 Å². The molecule has 2 rings (SSSR count). The largest absolute Gasteiger partial charge is 0.493 e. The summed E-state index contributed by atoms with van der Waals surface area (Å²) in [6.07, 6.45) is 1.86. The summed E-state index contributed by atoms with van der Waals surface area (Å²) >= 11 is 11.8. The summed E-state index contributed by atoms with van der Waals surface area (Å²) in [6, 6.07) is 9.35. The molecule has 7 nitrogen and oxygen atoms in total. The van der Waals surface area contributed by atoms with Gasteiger partial charge in [-0.2, -0.15) is 0 Å². The molecule has 10 heteroatoms. The fraction of sp³-hybridized carbons (Fsp3) is 0.222. The third-order valence-electron chi connectivity index (χ3n) is 3.58. The number of benzene rings is 2. The van der Waals surface area contributed by atoms with Crippen molar-refractivity contribution in [3.8, 4) is 5.75 Å². The Hall–Kier alpha value is -2.04. The summed E-state index contributed by atoms with van der Waals surface area (Å²) in [7, 11) is 0. The zero-order valence-corrected chi connectivity index (χ0v) is 18.8. The summed E-state index contributed by atoms with van der Waals surface area (Å²) in [6.45, 7) is 2.57. The highest BCUT2D eigenvalue weighted by Crippen LogP contribution is 2.27. The smallest absolute Gasteiger partial charge is 0.270 e. The van der Waals surface area contributed by atoms with Crippen LogP contribution in [-0.2, 0) is 0 Å². The van der Waals surface area contributed by atoms with Gasteiger partial charge in [0.05, 0.1) is 22.8 Å². The summed E-state index contributed by atoms with van der Waals surface area (Å²) in [5, 5.41) is 16.3. The number of hydrogen-bond donors (Lipinski definition) is 2. The van der Waals surface area contributed by atoms with E-state index in [0.717, 1.165) is 17.3 Å². The number of anilines is 1. The Bertz CT molecular complexity index is 908. The number of thiocarbonyl (C=S) groups is 1. The Morgan fingerprint density at radius 3 is 2.64 bits per heavy atom. The molecule has 0 unspecified atom stereocenters. The lowest BCUT2D eigenvalue weighted by atomic mass is 10.2. The van der Waals surface area contributed by atoms with Gasteiger partial charge in [-0.25, -0.2) is 0 Å². The Kier molecular flexibility index (Phi) is 8.34. The van der Waals surface area contributed by atoms with Crippen molar-refractivity contribution in [2.75, 3.05) is 11.9 Å². The number of non-ortho nitro benzene ring substituents is 1. The van der Waals surface area contributed by atoms with Gasteiger partial charge in [0, 0.05) is 21.1 Å². The van der Waals surface area contributed by atoms with Gasteiger partial charge in [0.2, 0.25) is 0 Å². The Labute approximate surface area is 184 Å². The van der Waals surface area contributed by atoms with E-state index in [0.29, 0.717) is 28.1 Å². The minimum Gasteiger partial charge on any atom is -0.493 e. The molecule has 0 bridgehead atoms. The number of nitro benzene ring substituents is 1. The first kappa shape index (κ1) is 22.3. The van der Waals surface area contributed by atoms with Crippen molar-refractivity contribution in [2.24, 2.45) is 0 Å². The fourth-order valence-electron chi connectivity index (χ4n) is 2.17. The van der Waals surface area contributed by atoms with E-state index in [1.54, 1.807) is 18.2 Å². The molecular weight excluding hydrogens is 514 g/mol. The van der Waals surface area contributed by atoms with Gasteiger partial charge >= 0.3 is 0 Å². The van der Waals surface area contributed by atoms with Crippen LogP contribution in [0, 0.1) is 10.1 Å². The molecule has 0 spiro atoms. The molecule has 2 aromatic carbocycles. The molecule has 0 saturated heterocycles. The predicted molar refractivity (Wildman–Crippen MR) is 119 cm³/mol. The van der Waals surface area contributed by atoms with E-state index in [1.165, 1.54) is 18.2 Å². The number of rotatable bonds is 7. The molecule has 0 heterocycles. The lowest BCUT2D eigenvalue weighted by Gasteiger charge is -2.14. The van der Waals surface area contributed by atoms with Gasteiger partial charge in [-0.1, -0.05) is 29.3 Å². The number of nitrogens with zero attached hydrogens (tertiary/aromatic N) is 1. The van der Waals surface area contributed by atoms with E-state index in [2.05, 4.69) is 49.4 Å². The minimum atomic E-state index is -0.498. The molecule has 0 aromatic heterocycles. The highest BCUT2D eigenvalue weighted by molar-refractivity contribution is 9.10. The van der Waals surface area contributed by atoms with Crippen molar-refractivity contribution in [3.63, 3.8) is 0 Å². The van der Waals surface area contributed by atoms with Gasteiger partial charge in [0.1, 0.15) is 5.75 Å². The summed E-state index contributed by atoms with van der Waals surface area (Å²) in [5.74, 6) is 0.0387. The first-order valence-electron chi connectivity index (χ1n) is 8.30. The van der Waals surface area contributed by atoms with Crippen LogP contribution in [-0.4, -0.2) is 22.5 Å². The standard InChI is InChI=1S/C18H17Br2N3O4S/c1-2-3-8-27-16-7-4-11(19)9-13(16)17(24)22-18(28)21-15-6-5-12(23(25)26)10-14(15)20/h4-7,9-10H,2-3,8H2,1H3,(H2,21,22,24,28). The number of halogens is 2. The van der Waals surface area contributed by atoms with Gasteiger partial charge in [0.25, 0.3) is 11.6 Å². The fourth-order valence-corrected chi connectivity index (χ4v) is 3.20. The second-order valence-electron chi connectivity index (χ2n) is 5.67. The van der Waals surface area contributed by atoms with E-state index in [4.69, 9.17) is 17.0 Å². The van der Waals surface area contributed by atoms with Crippen LogP contribution < -0.4 is 15.4 Å². The van der Waals surface area contributed by atoms with Crippen molar-refractivity contribution in [2.45, 2.75) is 19.8 Å². The lowest BCUT2D eigenvalue weighted by molar-refractivity contribution is -0.384. The molecule has 0 aliphatic heterocycles. The van der Waals surface area contributed by atoms with Crippen molar-refractivity contribution in [1.29, 1.82) is 0 Å². The average molecular weight is 531 g/mol. The lowest BCUT2D eigenvalue weighted by Crippen LogP contribution is -2.34. The Morgan fingerprint density at radius 1 is 1.25 bits per heavy atom. The summed E-state index contributed by atoms with van der Waals surface area (Å²) in [5.41, 5.74) is 0.775.